The summed E-state index contributed by atoms with van der Waals surface area (Å²) in [6, 6.07) is 2.53. The van der Waals surface area contributed by atoms with Gasteiger partial charge in [-0.05, 0) is 24.6 Å². The van der Waals surface area contributed by atoms with Gasteiger partial charge in [0.15, 0.2) is 0 Å². The molecule has 2 rings (SSSR count). The monoisotopic (exact) mass is 252 g/mol. The zero-order valence-corrected chi connectivity index (χ0v) is 9.91. The molecule has 6 nitrogen and oxygen atoms in total. The van der Waals surface area contributed by atoms with Gasteiger partial charge in [-0.2, -0.15) is 0 Å². The first-order valence-corrected chi connectivity index (χ1v) is 5.86. The van der Waals surface area contributed by atoms with Crippen LogP contribution in [0.25, 0.3) is 0 Å². The highest BCUT2D eigenvalue weighted by atomic mass is 16.4. The number of aliphatic carboxylic acids is 1. The van der Waals surface area contributed by atoms with Crippen molar-refractivity contribution in [3.8, 4) is 0 Å². The second-order valence-electron chi connectivity index (χ2n) is 4.49. The summed E-state index contributed by atoms with van der Waals surface area (Å²) in [6.45, 7) is 0.808. The first kappa shape index (κ1) is 12.6. The minimum atomic E-state index is -1.02. The number of rotatable bonds is 5. The lowest BCUT2D eigenvalue weighted by atomic mass is 10.1. The Balaban J connectivity index is 2.11. The number of hydrogen-bond donors (Lipinski definition) is 2. The number of hydrogen-bond acceptors (Lipinski definition) is 4. The number of nitrogens with zero attached hydrogens (tertiary/aromatic N) is 1. The summed E-state index contributed by atoms with van der Waals surface area (Å²) in [7, 11) is 0. The fraction of sp³-hybridized carbons (Fsp3) is 0.500. The largest absolute Gasteiger partial charge is 0.480 e. The number of amides is 1. The van der Waals surface area contributed by atoms with Crippen molar-refractivity contribution in [3.63, 3.8) is 0 Å². The zero-order valence-electron chi connectivity index (χ0n) is 9.91. The van der Waals surface area contributed by atoms with Gasteiger partial charge in [-0.25, -0.2) is 4.79 Å². The van der Waals surface area contributed by atoms with Crippen LogP contribution >= 0.6 is 0 Å². The molecule has 6 heteroatoms. The number of carboxylic acid groups (broad SMARTS) is 1. The molecule has 1 aliphatic heterocycles. The second-order valence-corrected chi connectivity index (χ2v) is 4.49. The molecule has 2 atom stereocenters. The Morgan fingerprint density at radius 2 is 2.44 bits per heavy atom. The van der Waals surface area contributed by atoms with E-state index in [2.05, 4.69) is 0 Å². The Morgan fingerprint density at radius 3 is 2.94 bits per heavy atom. The van der Waals surface area contributed by atoms with Crippen LogP contribution in [0.5, 0.6) is 0 Å². The smallest absolute Gasteiger partial charge is 0.326 e. The average Bonchev–Trinajstić information content (AvgIpc) is 2.95. The summed E-state index contributed by atoms with van der Waals surface area (Å²) in [5.74, 6) is -0.552. The van der Waals surface area contributed by atoms with E-state index < -0.39 is 12.0 Å². The van der Waals surface area contributed by atoms with Crippen LogP contribution in [0.1, 0.15) is 12.2 Å². The summed E-state index contributed by atoms with van der Waals surface area (Å²) in [5, 5.41) is 9.24. The van der Waals surface area contributed by atoms with Gasteiger partial charge in [0, 0.05) is 19.4 Å². The van der Waals surface area contributed by atoms with Gasteiger partial charge in [0.05, 0.1) is 6.26 Å². The Labute approximate surface area is 104 Å². The molecule has 1 aliphatic rings. The number of carbonyl (C=O) groups is 2. The van der Waals surface area contributed by atoms with Crippen molar-refractivity contribution in [1.29, 1.82) is 0 Å². The highest BCUT2D eigenvalue weighted by Crippen LogP contribution is 2.21. The molecule has 2 heterocycles. The van der Waals surface area contributed by atoms with E-state index in [9.17, 15) is 14.7 Å². The molecule has 1 aromatic rings. The molecular weight excluding hydrogens is 236 g/mol. The molecule has 1 aromatic heterocycles. The summed E-state index contributed by atoms with van der Waals surface area (Å²) in [4.78, 5) is 24.5. The number of carboxylic acids is 1. The minimum absolute atomic E-state index is 0.0518. The maximum absolute atomic E-state index is 11.8. The standard InChI is InChI=1S/C12H16N2O4/c13-6-8-4-11(15)14(7-8)10(12(16)17)5-9-2-1-3-18-9/h1-3,8,10H,4-7,13H2,(H,16,17). The molecule has 1 amide bonds. The van der Waals surface area contributed by atoms with Crippen molar-refractivity contribution < 1.29 is 19.1 Å². The minimum Gasteiger partial charge on any atom is -0.480 e. The first-order chi connectivity index (χ1) is 8.61. The van der Waals surface area contributed by atoms with Gasteiger partial charge in [0.25, 0.3) is 0 Å². The van der Waals surface area contributed by atoms with Crippen molar-refractivity contribution in [2.24, 2.45) is 11.7 Å². The molecule has 1 fully saturated rings. The van der Waals surface area contributed by atoms with Gasteiger partial charge in [0.2, 0.25) is 5.91 Å². The summed E-state index contributed by atoms with van der Waals surface area (Å²) < 4.78 is 5.14. The van der Waals surface area contributed by atoms with Crippen LogP contribution in [0.2, 0.25) is 0 Å². The van der Waals surface area contributed by atoms with E-state index in [-0.39, 0.29) is 18.2 Å². The third kappa shape index (κ3) is 2.53. The van der Waals surface area contributed by atoms with Crippen molar-refractivity contribution in [1.82, 2.24) is 4.90 Å². The number of likely N-dealkylation sites (tertiary alicyclic amines) is 1. The van der Waals surface area contributed by atoms with Gasteiger partial charge in [-0.1, -0.05) is 0 Å². The maximum atomic E-state index is 11.8. The van der Waals surface area contributed by atoms with E-state index in [0.717, 1.165) is 0 Å². The molecule has 0 aromatic carbocycles. The predicted molar refractivity (Wildman–Crippen MR) is 62.7 cm³/mol. The van der Waals surface area contributed by atoms with Gasteiger partial charge in [-0.15, -0.1) is 0 Å². The third-order valence-corrected chi connectivity index (χ3v) is 3.21. The fourth-order valence-electron chi connectivity index (χ4n) is 2.22. The van der Waals surface area contributed by atoms with Crippen molar-refractivity contribution in [2.75, 3.05) is 13.1 Å². The SMILES string of the molecule is NCC1CC(=O)N(C(Cc2ccco2)C(=O)O)C1. The normalized spacial score (nSPS) is 21.3. The molecule has 0 bridgehead atoms. The van der Waals surface area contributed by atoms with Crippen LogP contribution in [-0.2, 0) is 16.0 Å². The Hall–Kier alpha value is -1.82. The van der Waals surface area contributed by atoms with E-state index in [4.69, 9.17) is 10.2 Å². The molecule has 0 spiro atoms. The predicted octanol–water partition coefficient (Wildman–Crippen LogP) is 0.0825. The third-order valence-electron chi connectivity index (χ3n) is 3.21. The van der Waals surface area contributed by atoms with Gasteiger partial charge in [0.1, 0.15) is 11.8 Å². The van der Waals surface area contributed by atoms with Crippen molar-refractivity contribution in [3.05, 3.63) is 24.2 Å². The lowest BCUT2D eigenvalue weighted by Crippen LogP contribution is -2.43. The van der Waals surface area contributed by atoms with E-state index in [1.54, 1.807) is 12.1 Å². The van der Waals surface area contributed by atoms with Crippen LogP contribution in [-0.4, -0.2) is 41.0 Å². The fourth-order valence-corrected chi connectivity index (χ4v) is 2.22. The van der Waals surface area contributed by atoms with Gasteiger partial charge >= 0.3 is 5.97 Å². The zero-order chi connectivity index (χ0) is 13.1. The molecule has 18 heavy (non-hydrogen) atoms. The van der Waals surface area contributed by atoms with Crippen molar-refractivity contribution >= 4 is 11.9 Å². The second kappa shape index (κ2) is 5.22. The first-order valence-electron chi connectivity index (χ1n) is 5.86. The highest BCUT2D eigenvalue weighted by Gasteiger charge is 2.37. The quantitative estimate of drug-likeness (QED) is 0.773. The Morgan fingerprint density at radius 1 is 1.67 bits per heavy atom. The van der Waals surface area contributed by atoms with Crippen LogP contribution in [0.15, 0.2) is 22.8 Å². The summed E-state index contributed by atoms with van der Waals surface area (Å²) in [6.07, 6.45) is 2.01. The molecule has 98 valence electrons. The summed E-state index contributed by atoms with van der Waals surface area (Å²) >= 11 is 0. The van der Waals surface area contributed by atoms with E-state index >= 15 is 0 Å². The lowest BCUT2D eigenvalue weighted by molar-refractivity contribution is -0.148. The Bertz CT molecular complexity index is 429. The maximum Gasteiger partial charge on any atom is 0.326 e. The van der Waals surface area contributed by atoms with Crippen LogP contribution < -0.4 is 5.73 Å². The molecule has 0 aliphatic carbocycles. The topological polar surface area (TPSA) is 96.8 Å². The number of carbonyl (C=O) groups excluding carboxylic acids is 1. The molecule has 0 radical (unpaired) electrons. The molecule has 2 unspecified atom stereocenters. The summed E-state index contributed by atoms with van der Waals surface area (Å²) in [5.41, 5.74) is 5.53. The lowest BCUT2D eigenvalue weighted by Gasteiger charge is -2.23. The molecule has 1 saturated heterocycles. The van der Waals surface area contributed by atoms with Gasteiger partial charge in [-0.3, -0.25) is 4.79 Å². The van der Waals surface area contributed by atoms with Gasteiger partial charge < -0.3 is 20.2 Å². The average molecular weight is 252 g/mol. The van der Waals surface area contributed by atoms with Crippen LogP contribution in [0.3, 0.4) is 0 Å². The van der Waals surface area contributed by atoms with Crippen molar-refractivity contribution in [2.45, 2.75) is 18.9 Å². The molecular formula is C12H16N2O4. The molecule has 0 saturated carbocycles. The van der Waals surface area contributed by atoms with E-state index in [1.165, 1.54) is 11.2 Å². The van der Waals surface area contributed by atoms with E-state index in [0.29, 0.717) is 25.3 Å². The Kier molecular flexibility index (Phi) is 3.66. The van der Waals surface area contributed by atoms with E-state index in [1.807, 2.05) is 0 Å². The molecule has 3 N–H and O–H groups in total. The van der Waals surface area contributed by atoms with Crippen LogP contribution in [0.4, 0.5) is 0 Å². The number of furan rings is 1. The number of nitrogens with two attached hydrogens (primary N) is 1. The van der Waals surface area contributed by atoms with Crippen LogP contribution in [0, 0.1) is 5.92 Å². The highest BCUT2D eigenvalue weighted by molar-refractivity contribution is 5.85.